The zero-order valence-corrected chi connectivity index (χ0v) is 26.6. The monoisotopic (exact) mass is 572 g/mol. The molecule has 2 aromatic rings. The average molecular weight is 573 g/mol. The summed E-state index contributed by atoms with van der Waals surface area (Å²) >= 11 is 0. The molecule has 0 N–H and O–H groups in total. The van der Waals surface area contributed by atoms with Gasteiger partial charge in [0.25, 0.3) is 0 Å². The number of carbonyl (C=O) groups excluding carboxylic acids is 2. The number of aromatic nitrogens is 2. The van der Waals surface area contributed by atoms with Gasteiger partial charge in [-0.3, -0.25) is 9.97 Å². The van der Waals surface area contributed by atoms with Crippen molar-refractivity contribution in [3.63, 3.8) is 0 Å². The molecule has 0 radical (unpaired) electrons. The third kappa shape index (κ3) is 12.9. The first kappa shape index (κ1) is 34.0. The van der Waals surface area contributed by atoms with Crippen molar-refractivity contribution in [3.05, 3.63) is 48.0 Å². The van der Waals surface area contributed by atoms with Crippen LogP contribution in [-0.4, -0.2) is 110 Å². The lowest BCUT2D eigenvalue weighted by molar-refractivity contribution is -0.904. The number of carbonyl (C=O) groups is 2. The van der Waals surface area contributed by atoms with Gasteiger partial charge in [-0.2, -0.15) is 0 Å². The Bertz CT molecular complexity index is 1020. The van der Waals surface area contributed by atoms with E-state index in [1.807, 2.05) is 12.1 Å². The molecule has 0 unspecified atom stereocenters. The van der Waals surface area contributed by atoms with Gasteiger partial charge in [0.05, 0.1) is 41.3 Å². The highest BCUT2D eigenvalue weighted by Gasteiger charge is 2.22. The number of pyridine rings is 2. The predicted octanol–water partition coefficient (Wildman–Crippen LogP) is 5.18. The lowest BCUT2D eigenvalue weighted by Crippen LogP contribution is -2.40. The van der Waals surface area contributed by atoms with Gasteiger partial charge in [0.2, 0.25) is 0 Å². The molecule has 0 saturated heterocycles. The zero-order valence-electron chi connectivity index (χ0n) is 26.6. The Kier molecular flexibility index (Phi) is 13.5. The Balaban J connectivity index is 1.66. The first-order valence-electron chi connectivity index (χ1n) is 14.6. The topological polar surface area (TPSA) is 84.9 Å². The Morgan fingerprint density at radius 3 is 1.32 bits per heavy atom. The van der Waals surface area contributed by atoms with Crippen molar-refractivity contribution in [2.45, 2.75) is 58.0 Å². The third-order valence-electron chi connectivity index (χ3n) is 7.00. The van der Waals surface area contributed by atoms with Gasteiger partial charge in [-0.25, -0.2) is 9.59 Å². The van der Waals surface area contributed by atoms with Crippen molar-refractivity contribution in [2.24, 2.45) is 0 Å². The van der Waals surface area contributed by atoms with Crippen LogP contribution < -0.4 is 9.47 Å². The number of ether oxygens (including phenoxy) is 2. The molecule has 0 atom stereocenters. The second-order valence-electron chi connectivity index (χ2n) is 12.5. The highest BCUT2D eigenvalue weighted by Crippen LogP contribution is 2.22. The van der Waals surface area contributed by atoms with Crippen LogP contribution in [0.2, 0.25) is 0 Å². The second-order valence-corrected chi connectivity index (χ2v) is 12.5. The molecule has 2 rings (SSSR count). The largest absolute Gasteiger partial charge is 0.414 e. The van der Waals surface area contributed by atoms with Crippen LogP contribution in [-0.2, 0) is 13.1 Å². The average Bonchev–Trinajstić information content (AvgIpc) is 2.89. The molecule has 10 heteroatoms. The summed E-state index contributed by atoms with van der Waals surface area (Å²) in [6.45, 7) is 3.51. The van der Waals surface area contributed by atoms with Crippen LogP contribution >= 0.6 is 0 Å². The molecule has 0 aliphatic heterocycles. The number of hydrogen-bond donors (Lipinski definition) is 0. The molecular weight excluding hydrogens is 520 g/mol. The molecule has 0 bridgehead atoms. The van der Waals surface area contributed by atoms with E-state index in [0.717, 1.165) is 46.3 Å². The van der Waals surface area contributed by atoms with Gasteiger partial charge in [-0.1, -0.05) is 19.3 Å². The maximum absolute atomic E-state index is 12.0. The molecule has 228 valence electrons. The van der Waals surface area contributed by atoms with E-state index in [1.54, 1.807) is 52.7 Å². The first-order valence-corrected chi connectivity index (χ1v) is 14.6. The van der Waals surface area contributed by atoms with Crippen LogP contribution in [0.5, 0.6) is 11.5 Å². The Morgan fingerprint density at radius 2 is 0.976 bits per heavy atom. The van der Waals surface area contributed by atoms with Crippen molar-refractivity contribution in [1.29, 1.82) is 0 Å². The standard InChI is InChI=1S/C31H52N6O4/c1-34(2)30(38)40-28-18-16-20-32-26(28)24-36(5,6)22-14-12-10-9-11-13-15-23-37(7,8)25-27-29(19-17-21-33-27)41-31(39)35(3)4/h16-21H,9-15,22-25H2,1-8H3/q+2. The van der Waals surface area contributed by atoms with Crippen molar-refractivity contribution in [3.8, 4) is 11.5 Å². The second kappa shape index (κ2) is 16.3. The van der Waals surface area contributed by atoms with E-state index >= 15 is 0 Å². The Morgan fingerprint density at radius 1 is 0.634 bits per heavy atom. The summed E-state index contributed by atoms with van der Waals surface area (Å²) < 4.78 is 12.6. The fourth-order valence-electron chi connectivity index (χ4n) is 4.57. The molecule has 41 heavy (non-hydrogen) atoms. The van der Waals surface area contributed by atoms with Gasteiger partial charge in [-0.15, -0.1) is 0 Å². The summed E-state index contributed by atoms with van der Waals surface area (Å²) in [6.07, 6.45) is 11.2. The third-order valence-corrected chi connectivity index (χ3v) is 7.00. The highest BCUT2D eigenvalue weighted by molar-refractivity contribution is 5.70. The highest BCUT2D eigenvalue weighted by atomic mass is 16.6. The Labute approximate surface area is 247 Å². The molecule has 2 heterocycles. The molecule has 0 aliphatic rings. The molecule has 0 fully saturated rings. The number of hydrogen-bond acceptors (Lipinski definition) is 6. The van der Waals surface area contributed by atoms with Crippen LogP contribution in [0.15, 0.2) is 36.7 Å². The zero-order chi connectivity index (χ0) is 30.5. The van der Waals surface area contributed by atoms with E-state index in [2.05, 4.69) is 38.2 Å². The number of quaternary nitrogens is 2. The number of unbranched alkanes of at least 4 members (excludes halogenated alkanes) is 6. The maximum atomic E-state index is 12.0. The predicted molar refractivity (Wildman–Crippen MR) is 162 cm³/mol. The van der Waals surface area contributed by atoms with E-state index in [-0.39, 0.29) is 0 Å². The molecular formula is C31H52N6O4+2. The van der Waals surface area contributed by atoms with E-state index in [9.17, 15) is 9.59 Å². The summed E-state index contributed by atoms with van der Waals surface area (Å²) in [5.41, 5.74) is 1.62. The van der Waals surface area contributed by atoms with Crippen LogP contribution in [0, 0.1) is 0 Å². The maximum Gasteiger partial charge on any atom is 0.414 e. The lowest BCUT2D eigenvalue weighted by atomic mass is 10.1. The van der Waals surface area contributed by atoms with E-state index in [1.165, 1.54) is 41.9 Å². The molecule has 2 aromatic heterocycles. The van der Waals surface area contributed by atoms with Crippen LogP contribution in [0.1, 0.15) is 56.3 Å². The summed E-state index contributed by atoms with van der Waals surface area (Å²) in [6, 6.07) is 7.21. The van der Waals surface area contributed by atoms with Crippen molar-refractivity contribution >= 4 is 12.2 Å². The van der Waals surface area contributed by atoms with Gasteiger partial charge < -0.3 is 28.2 Å². The smallest absolute Gasteiger partial charge is 0.408 e. The molecule has 2 amide bonds. The molecule has 10 nitrogen and oxygen atoms in total. The van der Waals surface area contributed by atoms with E-state index < -0.39 is 12.2 Å². The molecule has 0 aromatic carbocycles. The van der Waals surface area contributed by atoms with Gasteiger partial charge in [-0.05, 0) is 49.9 Å². The minimum atomic E-state index is -0.391. The SMILES string of the molecule is CN(C)C(=O)Oc1cccnc1C[N+](C)(C)CCCCCCCCC[N+](C)(C)Cc1ncccc1OC(=O)N(C)C. The number of rotatable bonds is 16. The van der Waals surface area contributed by atoms with E-state index in [0.29, 0.717) is 24.6 Å². The van der Waals surface area contributed by atoms with Gasteiger partial charge in [0, 0.05) is 40.6 Å². The fraction of sp³-hybridized carbons (Fsp3) is 0.613. The van der Waals surface area contributed by atoms with Crippen LogP contribution in [0.4, 0.5) is 9.59 Å². The van der Waals surface area contributed by atoms with Gasteiger partial charge in [0.1, 0.15) is 24.5 Å². The van der Waals surface area contributed by atoms with Crippen molar-refractivity contribution in [1.82, 2.24) is 19.8 Å². The van der Waals surface area contributed by atoms with E-state index in [4.69, 9.17) is 9.47 Å². The summed E-state index contributed by atoms with van der Waals surface area (Å²) in [5.74, 6) is 1.07. The molecule has 0 spiro atoms. The molecule has 0 aliphatic carbocycles. The van der Waals surface area contributed by atoms with Gasteiger partial charge in [0.15, 0.2) is 11.5 Å². The minimum absolute atomic E-state index is 0.391. The minimum Gasteiger partial charge on any atom is -0.408 e. The quantitative estimate of drug-likeness (QED) is 0.204. The summed E-state index contributed by atoms with van der Waals surface area (Å²) in [5, 5.41) is 0. The Hall–Kier alpha value is -3.24. The lowest BCUT2D eigenvalue weighted by Gasteiger charge is -2.30. The van der Waals surface area contributed by atoms with Crippen LogP contribution in [0.3, 0.4) is 0 Å². The number of amides is 2. The fourth-order valence-corrected chi connectivity index (χ4v) is 4.57. The van der Waals surface area contributed by atoms with Crippen LogP contribution in [0.25, 0.3) is 0 Å². The summed E-state index contributed by atoms with van der Waals surface area (Å²) in [4.78, 5) is 35.8. The van der Waals surface area contributed by atoms with Crippen molar-refractivity contribution < 1.29 is 28.0 Å². The molecule has 0 saturated carbocycles. The van der Waals surface area contributed by atoms with Gasteiger partial charge >= 0.3 is 12.2 Å². The first-order chi connectivity index (χ1) is 19.3. The summed E-state index contributed by atoms with van der Waals surface area (Å²) in [7, 11) is 15.5. The van der Waals surface area contributed by atoms with Crippen molar-refractivity contribution in [2.75, 3.05) is 69.5 Å². The normalized spacial score (nSPS) is 11.7. The number of nitrogens with zero attached hydrogens (tertiary/aromatic N) is 6.